The lowest BCUT2D eigenvalue weighted by atomic mass is 10.1. The molecule has 3 aromatic rings. The van der Waals surface area contributed by atoms with Gasteiger partial charge in [-0.05, 0) is 28.5 Å². The summed E-state index contributed by atoms with van der Waals surface area (Å²) in [7, 11) is 0. The monoisotopic (exact) mass is 420 g/mol. The van der Waals surface area contributed by atoms with Crippen LogP contribution >= 0.6 is 11.6 Å². The van der Waals surface area contributed by atoms with E-state index in [1.807, 2.05) is 60.7 Å². The highest BCUT2D eigenvalue weighted by molar-refractivity contribution is 6.48. The predicted molar refractivity (Wildman–Crippen MR) is 119 cm³/mol. The van der Waals surface area contributed by atoms with Gasteiger partial charge in [0.05, 0.1) is 12.2 Å². The Morgan fingerprint density at radius 3 is 2.43 bits per heavy atom. The van der Waals surface area contributed by atoms with Crippen LogP contribution in [0, 0.1) is 17.3 Å². The van der Waals surface area contributed by atoms with E-state index in [1.54, 1.807) is 6.26 Å². The molecule has 1 fully saturated rings. The van der Waals surface area contributed by atoms with E-state index in [2.05, 4.69) is 26.0 Å². The summed E-state index contributed by atoms with van der Waals surface area (Å²) in [6.07, 6.45) is 4.36. The van der Waals surface area contributed by atoms with Crippen molar-refractivity contribution < 1.29 is 13.9 Å². The van der Waals surface area contributed by atoms with E-state index in [0.29, 0.717) is 5.03 Å². The van der Waals surface area contributed by atoms with Crippen molar-refractivity contribution >= 4 is 22.6 Å². The Bertz CT molecular complexity index is 1030. The molecule has 0 saturated heterocycles. The molecule has 1 aliphatic rings. The van der Waals surface area contributed by atoms with E-state index in [0.717, 1.165) is 23.3 Å². The number of ether oxygens (including phenoxy) is 1. The van der Waals surface area contributed by atoms with Gasteiger partial charge in [-0.2, -0.15) is 0 Å². The third-order valence-corrected chi connectivity index (χ3v) is 6.19. The van der Waals surface area contributed by atoms with E-state index in [-0.39, 0.29) is 29.8 Å². The summed E-state index contributed by atoms with van der Waals surface area (Å²) < 4.78 is 11.2. The molecule has 4 rings (SSSR count). The largest absolute Gasteiger partial charge is 0.469 e. The third-order valence-electron chi connectivity index (χ3n) is 5.85. The third kappa shape index (κ3) is 4.52. The lowest BCUT2D eigenvalue weighted by Gasteiger charge is -2.03. The first kappa shape index (κ1) is 20.5. The second-order valence-electron chi connectivity index (χ2n) is 8.40. The maximum Gasteiger partial charge on any atom is 0.310 e. The maximum absolute atomic E-state index is 12.7. The zero-order chi connectivity index (χ0) is 21.1. The second-order valence-corrected chi connectivity index (χ2v) is 8.80. The molecular formula is C26H25ClO3. The van der Waals surface area contributed by atoms with Crippen molar-refractivity contribution in [1.29, 1.82) is 0 Å². The standard InChI is InChI=1S/C26H25ClO3/c1-26(2)22(15-23(27)20-11-7-4-8-12-20)24(26)25(28)30-17-19-14-21(29-16-19)13-18-9-5-3-6-10-18/h3-12,14-16,22,24H,13,17H2,1-2H3. The molecule has 3 nitrogen and oxygen atoms in total. The van der Waals surface area contributed by atoms with Gasteiger partial charge < -0.3 is 9.15 Å². The van der Waals surface area contributed by atoms with Crippen molar-refractivity contribution in [3.8, 4) is 0 Å². The molecule has 2 unspecified atom stereocenters. The van der Waals surface area contributed by atoms with Crippen LogP contribution in [-0.2, 0) is 22.6 Å². The molecule has 1 aromatic heterocycles. The molecule has 0 radical (unpaired) electrons. The molecule has 2 aromatic carbocycles. The predicted octanol–water partition coefficient (Wildman–Crippen LogP) is 6.47. The minimum atomic E-state index is -0.190. The number of furan rings is 1. The summed E-state index contributed by atoms with van der Waals surface area (Å²) in [5.74, 6) is 0.542. The number of esters is 1. The fourth-order valence-corrected chi connectivity index (χ4v) is 4.19. The zero-order valence-electron chi connectivity index (χ0n) is 17.2. The maximum atomic E-state index is 12.7. The van der Waals surface area contributed by atoms with Gasteiger partial charge in [0, 0.05) is 17.0 Å². The van der Waals surface area contributed by atoms with Crippen molar-refractivity contribution in [3.63, 3.8) is 0 Å². The van der Waals surface area contributed by atoms with Crippen LogP contribution in [0.5, 0.6) is 0 Å². The van der Waals surface area contributed by atoms with Crippen LogP contribution in [0.25, 0.3) is 5.03 Å². The molecule has 0 aliphatic heterocycles. The average Bonchev–Trinajstić information content (AvgIpc) is 3.07. The molecule has 0 amide bonds. The van der Waals surface area contributed by atoms with Gasteiger partial charge in [0.15, 0.2) is 0 Å². The Hall–Kier alpha value is -2.78. The van der Waals surface area contributed by atoms with Gasteiger partial charge in [-0.1, -0.05) is 92.2 Å². The van der Waals surface area contributed by atoms with E-state index in [4.69, 9.17) is 20.8 Å². The first-order chi connectivity index (χ1) is 14.4. The summed E-state index contributed by atoms with van der Waals surface area (Å²) in [5.41, 5.74) is 2.83. The first-order valence-electron chi connectivity index (χ1n) is 10.1. The Labute approximate surface area is 182 Å². The van der Waals surface area contributed by atoms with Crippen molar-refractivity contribution in [2.24, 2.45) is 17.3 Å². The fourth-order valence-electron chi connectivity index (χ4n) is 3.93. The van der Waals surface area contributed by atoms with Crippen LogP contribution in [0.1, 0.15) is 36.3 Å². The van der Waals surface area contributed by atoms with Gasteiger partial charge >= 0.3 is 5.97 Å². The van der Waals surface area contributed by atoms with Gasteiger partial charge in [0.1, 0.15) is 12.4 Å². The molecule has 0 bridgehead atoms. The molecule has 0 spiro atoms. The van der Waals surface area contributed by atoms with Crippen molar-refractivity contribution in [3.05, 3.63) is 102 Å². The molecule has 30 heavy (non-hydrogen) atoms. The average molecular weight is 421 g/mol. The van der Waals surface area contributed by atoms with Crippen LogP contribution in [0.15, 0.2) is 83.5 Å². The number of carbonyl (C=O) groups excluding carboxylic acids is 1. The van der Waals surface area contributed by atoms with Crippen LogP contribution < -0.4 is 0 Å². The summed E-state index contributed by atoms with van der Waals surface area (Å²) in [6.45, 7) is 4.36. The fraction of sp³-hybridized carbons (Fsp3) is 0.269. The van der Waals surface area contributed by atoms with Gasteiger partial charge in [-0.15, -0.1) is 0 Å². The molecule has 1 saturated carbocycles. The number of allylic oxidation sites excluding steroid dienone is 1. The number of carbonyl (C=O) groups is 1. The molecule has 1 heterocycles. The highest BCUT2D eigenvalue weighted by Gasteiger charge is 2.61. The number of halogens is 1. The minimum absolute atomic E-state index is 0.0655. The summed E-state index contributed by atoms with van der Waals surface area (Å²) in [4.78, 5) is 12.7. The van der Waals surface area contributed by atoms with Crippen molar-refractivity contribution in [1.82, 2.24) is 0 Å². The van der Waals surface area contributed by atoms with E-state index >= 15 is 0 Å². The Kier molecular flexibility index (Phi) is 5.83. The summed E-state index contributed by atoms with van der Waals surface area (Å²) in [5, 5.41) is 0.671. The lowest BCUT2D eigenvalue weighted by Crippen LogP contribution is -2.10. The van der Waals surface area contributed by atoms with E-state index in [9.17, 15) is 4.79 Å². The molecule has 0 N–H and O–H groups in total. The highest BCUT2D eigenvalue weighted by Crippen LogP contribution is 2.60. The molecule has 1 aliphatic carbocycles. The molecular weight excluding hydrogens is 396 g/mol. The number of hydrogen-bond donors (Lipinski definition) is 0. The van der Waals surface area contributed by atoms with E-state index in [1.165, 1.54) is 5.56 Å². The smallest absolute Gasteiger partial charge is 0.310 e. The van der Waals surface area contributed by atoms with Gasteiger partial charge in [-0.25, -0.2) is 0 Å². The SMILES string of the molecule is CC1(C)C(C=C(Cl)c2ccccc2)C1C(=O)OCc1coc(Cc2ccccc2)c1. The number of benzene rings is 2. The van der Waals surface area contributed by atoms with Crippen molar-refractivity contribution in [2.75, 3.05) is 0 Å². The van der Waals surface area contributed by atoms with Gasteiger partial charge in [0.2, 0.25) is 0 Å². The second kappa shape index (κ2) is 8.53. The Morgan fingerprint density at radius 2 is 1.73 bits per heavy atom. The Morgan fingerprint density at radius 1 is 1.07 bits per heavy atom. The van der Waals surface area contributed by atoms with Gasteiger partial charge in [0.25, 0.3) is 0 Å². The van der Waals surface area contributed by atoms with Crippen LogP contribution in [-0.4, -0.2) is 5.97 Å². The molecule has 4 heteroatoms. The lowest BCUT2D eigenvalue weighted by molar-refractivity contribution is -0.147. The van der Waals surface area contributed by atoms with E-state index < -0.39 is 0 Å². The topological polar surface area (TPSA) is 39.4 Å². The van der Waals surface area contributed by atoms with Crippen LogP contribution in [0.3, 0.4) is 0 Å². The normalized spacial score (nSPS) is 20.0. The van der Waals surface area contributed by atoms with Crippen LogP contribution in [0.2, 0.25) is 0 Å². The number of rotatable bonds is 7. The summed E-state index contributed by atoms with van der Waals surface area (Å²) >= 11 is 6.48. The first-order valence-corrected chi connectivity index (χ1v) is 10.5. The summed E-state index contributed by atoms with van der Waals surface area (Å²) in [6, 6.07) is 21.9. The van der Waals surface area contributed by atoms with Crippen molar-refractivity contribution in [2.45, 2.75) is 26.9 Å². The minimum Gasteiger partial charge on any atom is -0.469 e. The Balaban J connectivity index is 1.34. The highest BCUT2D eigenvalue weighted by atomic mass is 35.5. The zero-order valence-corrected chi connectivity index (χ0v) is 17.9. The van der Waals surface area contributed by atoms with Crippen LogP contribution in [0.4, 0.5) is 0 Å². The quantitative estimate of drug-likeness (QED) is 0.411. The number of hydrogen-bond acceptors (Lipinski definition) is 3. The van der Waals surface area contributed by atoms with Gasteiger partial charge in [-0.3, -0.25) is 4.79 Å². The molecule has 2 atom stereocenters. The molecule has 154 valence electrons.